The quantitative estimate of drug-likeness (QED) is 0.257. The van der Waals surface area contributed by atoms with Crippen molar-refractivity contribution in [3.8, 4) is 5.75 Å². The highest BCUT2D eigenvalue weighted by Gasteiger charge is 2.45. The van der Waals surface area contributed by atoms with Crippen LogP contribution in [-0.2, 0) is 19.2 Å². The van der Waals surface area contributed by atoms with Gasteiger partial charge in [0.05, 0.1) is 17.7 Å². The monoisotopic (exact) mass is 501 g/mol. The van der Waals surface area contributed by atoms with Gasteiger partial charge in [0.15, 0.2) is 0 Å². The second kappa shape index (κ2) is 12.8. The molecule has 1 atom stereocenters. The van der Waals surface area contributed by atoms with Gasteiger partial charge in [-0.15, -0.1) is 0 Å². The van der Waals surface area contributed by atoms with E-state index >= 15 is 0 Å². The molecule has 3 N–H and O–H groups in total. The number of unbranched alkanes of at least 4 members (excludes halogenated alkanes) is 4. The molecule has 1 fully saturated rings. The Kier molecular flexibility index (Phi) is 9.54. The number of hydrogen-bond acceptors (Lipinski definition) is 7. The number of nitrogens with one attached hydrogen (secondary N) is 2. The lowest BCUT2D eigenvalue weighted by Gasteiger charge is -2.27. The van der Waals surface area contributed by atoms with Crippen molar-refractivity contribution < 1.29 is 38.6 Å². The molecule has 2 heterocycles. The number of carboxylic acid groups (broad SMARTS) is 1. The van der Waals surface area contributed by atoms with E-state index in [1.54, 1.807) is 12.1 Å². The Balaban J connectivity index is 1.40. The largest absolute Gasteiger partial charge is 0.493 e. The molecule has 2 aliphatic rings. The first-order valence-corrected chi connectivity index (χ1v) is 12.3. The third-order valence-electron chi connectivity index (χ3n) is 6.13. The van der Waals surface area contributed by atoms with E-state index < -0.39 is 35.6 Å². The summed E-state index contributed by atoms with van der Waals surface area (Å²) in [6, 6.07) is 3.60. The molecule has 3 rings (SSSR count). The number of amides is 5. The van der Waals surface area contributed by atoms with Crippen LogP contribution in [0.3, 0.4) is 0 Å². The summed E-state index contributed by atoms with van der Waals surface area (Å²) in [5.74, 6) is -3.03. The predicted octanol–water partition coefficient (Wildman–Crippen LogP) is 1.79. The summed E-state index contributed by atoms with van der Waals surface area (Å²) in [5.41, 5.74) is 0.225. The lowest BCUT2D eigenvalue weighted by atomic mass is 10.0. The van der Waals surface area contributed by atoms with E-state index in [0.29, 0.717) is 19.4 Å². The predicted molar refractivity (Wildman–Crippen MR) is 126 cm³/mol. The van der Waals surface area contributed by atoms with Gasteiger partial charge in [0.1, 0.15) is 11.8 Å². The van der Waals surface area contributed by atoms with Crippen LogP contribution in [0.25, 0.3) is 0 Å². The molecule has 0 aliphatic carbocycles. The summed E-state index contributed by atoms with van der Waals surface area (Å²) in [6.07, 6.45) is 5.16. The average molecular weight is 502 g/mol. The SMILES string of the molecule is O=C(O)CCCCCCCNC(=O)CCCOc1cccc2c1C(=O)N(C1CCC(=O)NC1=O)C2=O. The second-order valence-corrected chi connectivity index (χ2v) is 8.84. The zero-order valence-corrected chi connectivity index (χ0v) is 20.0. The molecule has 1 aromatic rings. The highest BCUT2D eigenvalue weighted by molar-refractivity contribution is 6.24. The van der Waals surface area contributed by atoms with Crippen LogP contribution >= 0.6 is 0 Å². The highest BCUT2D eigenvalue weighted by atomic mass is 16.5. The Morgan fingerprint density at radius 2 is 1.75 bits per heavy atom. The summed E-state index contributed by atoms with van der Waals surface area (Å²) in [6.45, 7) is 0.713. The Morgan fingerprint density at radius 1 is 1.00 bits per heavy atom. The molecule has 1 aromatic carbocycles. The van der Waals surface area contributed by atoms with Crippen LogP contribution in [0.5, 0.6) is 5.75 Å². The van der Waals surface area contributed by atoms with Gasteiger partial charge in [-0.3, -0.25) is 39.0 Å². The van der Waals surface area contributed by atoms with Crippen LogP contribution in [0.1, 0.15) is 84.9 Å². The van der Waals surface area contributed by atoms with Crippen LogP contribution in [0.15, 0.2) is 18.2 Å². The summed E-state index contributed by atoms with van der Waals surface area (Å²) < 4.78 is 5.72. The summed E-state index contributed by atoms with van der Waals surface area (Å²) in [5, 5.41) is 13.6. The molecule has 36 heavy (non-hydrogen) atoms. The number of carbonyl (C=O) groups is 6. The molecule has 0 aromatic heterocycles. The van der Waals surface area contributed by atoms with E-state index in [1.807, 2.05) is 0 Å². The number of piperidine rings is 1. The molecular weight excluding hydrogens is 470 g/mol. The van der Waals surface area contributed by atoms with Crippen molar-refractivity contribution in [2.75, 3.05) is 13.2 Å². The maximum Gasteiger partial charge on any atom is 0.303 e. The van der Waals surface area contributed by atoms with Gasteiger partial charge in [0, 0.05) is 25.8 Å². The van der Waals surface area contributed by atoms with Gasteiger partial charge >= 0.3 is 5.97 Å². The minimum Gasteiger partial charge on any atom is -0.493 e. The molecule has 0 radical (unpaired) electrons. The smallest absolute Gasteiger partial charge is 0.303 e. The van der Waals surface area contributed by atoms with Gasteiger partial charge in [0.25, 0.3) is 11.8 Å². The molecule has 0 spiro atoms. The molecule has 1 saturated heterocycles. The molecule has 1 unspecified atom stereocenters. The number of aliphatic carboxylic acids is 1. The van der Waals surface area contributed by atoms with E-state index in [4.69, 9.17) is 9.84 Å². The number of imide groups is 2. The van der Waals surface area contributed by atoms with Crippen LogP contribution < -0.4 is 15.4 Å². The number of benzene rings is 1. The van der Waals surface area contributed by atoms with E-state index in [2.05, 4.69) is 10.6 Å². The minimum absolute atomic E-state index is 0.0437. The lowest BCUT2D eigenvalue weighted by molar-refractivity contribution is -0.138. The zero-order valence-electron chi connectivity index (χ0n) is 20.0. The number of carbonyl (C=O) groups excluding carboxylic acids is 5. The van der Waals surface area contributed by atoms with Gasteiger partial charge in [-0.2, -0.15) is 0 Å². The summed E-state index contributed by atoms with van der Waals surface area (Å²) in [4.78, 5) is 72.9. The number of carboxylic acids is 1. The maximum absolute atomic E-state index is 13.0. The fraction of sp³-hybridized carbons (Fsp3) is 0.520. The first-order chi connectivity index (χ1) is 17.3. The third-order valence-corrected chi connectivity index (χ3v) is 6.13. The molecular formula is C25H31N3O8. The molecule has 0 bridgehead atoms. The molecule has 2 aliphatic heterocycles. The molecule has 5 amide bonds. The number of nitrogens with zero attached hydrogens (tertiary/aromatic N) is 1. The van der Waals surface area contributed by atoms with Crippen LogP contribution in [0.2, 0.25) is 0 Å². The topological polar surface area (TPSA) is 159 Å². The van der Waals surface area contributed by atoms with E-state index in [1.165, 1.54) is 6.07 Å². The fourth-order valence-electron chi connectivity index (χ4n) is 4.27. The second-order valence-electron chi connectivity index (χ2n) is 8.84. The Hall–Kier alpha value is -3.76. The summed E-state index contributed by atoms with van der Waals surface area (Å²) in [7, 11) is 0. The number of rotatable bonds is 14. The van der Waals surface area contributed by atoms with E-state index in [9.17, 15) is 28.8 Å². The Morgan fingerprint density at radius 3 is 2.50 bits per heavy atom. The number of fused-ring (bicyclic) bond motifs is 1. The fourth-order valence-corrected chi connectivity index (χ4v) is 4.27. The molecule has 11 heteroatoms. The summed E-state index contributed by atoms with van der Waals surface area (Å²) >= 11 is 0. The van der Waals surface area contributed by atoms with Crippen LogP contribution in [-0.4, -0.2) is 64.7 Å². The highest BCUT2D eigenvalue weighted by Crippen LogP contribution is 2.33. The van der Waals surface area contributed by atoms with Crippen molar-refractivity contribution in [1.82, 2.24) is 15.5 Å². The van der Waals surface area contributed by atoms with Crippen molar-refractivity contribution >= 4 is 35.5 Å². The van der Waals surface area contributed by atoms with Crippen LogP contribution in [0, 0.1) is 0 Å². The van der Waals surface area contributed by atoms with Gasteiger partial charge in [-0.05, 0) is 37.8 Å². The van der Waals surface area contributed by atoms with Gasteiger partial charge in [0.2, 0.25) is 17.7 Å². The Bertz CT molecular complexity index is 1040. The minimum atomic E-state index is -1.05. The van der Waals surface area contributed by atoms with Crippen molar-refractivity contribution in [1.29, 1.82) is 0 Å². The Labute approximate surface area is 208 Å². The van der Waals surface area contributed by atoms with Crippen molar-refractivity contribution in [3.05, 3.63) is 29.3 Å². The van der Waals surface area contributed by atoms with Gasteiger partial charge < -0.3 is 15.2 Å². The maximum atomic E-state index is 13.0. The third kappa shape index (κ3) is 6.89. The molecule has 0 saturated carbocycles. The zero-order chi connectivity index (χ0) is 26.1. The van der Waals surface area contributed by atoms with Crippen LogP contribution in [0.4, 0.5) is 0 Å². The standard InChI is InChI=1S/C25H31N3O8/c29-19(26-14-5-3-1-2-4-11-21(31)32)10-7-15-36-18-9-6-8-16-22(18)25(35)28(24(16)34)17-12-13-20(30)27-23(17)33/h6,8-9,17H,1-5,7,10-15H2,(H,26,29)(H,31,32)(H,27,30,33). The number of hydrogen-bond donors (Lipinski definition) is 3. The van der Waals surface area contributed by atoms with Crippen molar-refractivity contribution in [2.24, 2.45) is 0 Å². The van der Waals surface area contributed by atoms with E-state index in [-0.39, 0.29) is 55.1 Å². The number of ether oxygens (including phenoxy) is 1. The lowest BCUT2D eigenvalue weighted by Crippen LogP contribution is -2.54. The van der Waals surface area contributed by atoms with E-state index in [0.717, 1.165) is 30.6 Å². The average Bonchev–Trinajstić information content (AvgIpc) is 3.09. The van der Waals surface area contributed by atoms with Crippen molar-refractivity contribution in [3.63, 3.8) is 0 Å². The molecule has 11 nitrogen and oxygen atoms in total. The van der Waals surface area contributed by atoms with Crippen molar-refractivity contribution in [2.45, 2.75) is 70.3 Å². The first-order valence-electron chi connectivity index (χ1n) is 12.3. The molecule has 194 valence electrons. The van der Waals surface area contributed by atoms with Gasteiger partial charge in [-0.25, -0.2) is 0 Å². The van der Waals surface area contributed by atoms with Gasteiger partial charge in [-0.1, -0.05) is 25.3 Å². The first kappa shape index (κ1) is 26.8. The normalized spacial score (nSPS) is 17.1.